The minimum atomic E-state index is 0.0273. The molecule has 1 aliphatic heterocycles. The molecule has 1 saturated heterocycles. The Morgan fingerprint density at radius 2 is 2.35 bits per heavy atom. The zero-order valence-corrected chi connectivity index (χ0v) is 12.1. The molecule has 0 saturated carbocycles. The van der Waals surface area contributed by atoms with Crippen LogP contribution in [0.25, 0.3) is 0 Å². The second-order valence-electron chi connectivity index (χ2n) is 5.39. The largest absolute Gasteiger partial charge is 0.334 e. The van der Waals surface area contributed by atoms with Gasteiger partial charge in [0, 0.05) is 24.3 Å². The van der Waals surface area contributed by atoms with Crippen molar-refractivity contribution >= 4 is 5.91 Å². The van der Waals surface area contributed by atoms with Crippen LogP contribution in [0.2, 0.25) is 0 Å². The molecule has 0 radical (unpaired) electrons. The average molecular weight is 271 g/mol. The van der Waals surface area contributed by atoms with Crippen LogP contribution in [0.3, 0.4) is 0 Å². The van der Waals surface area contributed by atoms with Crippen LogP contribution in [0.1, 0.15) is 42.7 Å². The monoisotopic (exact) mass is 271 g/mol. The normalized spacial score (nSPS) is 18.0. The van der Waals surface area contributed by atoms with E-state index in [9.17, 15) is 4.79 Å². The van der Waals surface area contributed by atoms with Gasteiger partial charge in [0.25, 0.3) is 5.91 Å². The number of hydrogen-bond acceptors (Lipinski definition) is 3. The van der Waals surface area contributed by atoms with Crippen LogP contribution in [0.4, 0.5) is 0 Å². The van der Waals surface area contributed by atoms with Gasteiger partial charge >= 0.3 is 0 Å². The molecule has 2 heterocycles. The van der Waals surface area contributed by atoms with Crippen molar-refractivity contribution in [3.05, 3.63) is 29.6 Å². The molecule has 20 heavy (non-hydrogen) atoms. The van der Waals surface area contributed by atoms with Gasteiger partial charge in [-0.05, 0) is 30.9 Å². The summed E-state index contributed by atoms with van der Waals surface area (Å²) in [5.41, 5.74) is 6.61. The lowest BCUT2D eigenvalue weighted by Crippen LogP contribution is -2.38. The number of amides is 1. The van der Waals surface area contributed by atoms with Gasteiger partial charge in [-0.2, -0.15) is 0 Å². The van der Waals surface area contributed by atoms with Crippen LogP contribution in [0.15, 0.2) is 18.3 Å². The number of carbonyl (C=O) groups excluding carboxylic acids is 1. The number of hydrogen-bond donors (Lipinski definition) is 1. The summed E-state index contributed by atoms with van der Waals surface area (Å²) in [6, 6.07) is 3.91. The Balaban J connectivity index is 2.13. The Labute approximate surface area is 120 Å². The average Bonchev–Trinajstić information content (AvgIpc) is 2.94. The zero-order chi connectivity index (χ0) is 14.5. The number of nitrogens with two attached hydrogens (primary N) is 1. The van der Waals surface area contributed by atoms with E-state index in [4.69, 9.17) is 5.73 Å². The highest BCUT2D eigenvalue weighted by Gasteiger charge is 2.31. The summed E-state index contributed by atoms with van der Waals surface area (Å²) in [4.78, 5) is 18.7. The Bertz CT molecular complexity index is 525. The third-order valence-electron chi connectivity index (χ3n) is 3.65. The van der Waals surface area contributed by atoms with Crippen molar-refractivity contribution in [2.45, 2.75) is 32.7 Å². The number of rotatable bonds is 2. The van der Waals surface area contributed by atoms with E-state index in [0.717, 1.165) is 24.9 Å². The predicted molar refractivity (Wildman–Crippen MR) is 79.1 cm³/mol. The lowest BCUT2D eigenvalue weighted by Gasteiger charge is -2.27. The first-order valence-corrected chi connectivity index (χ1v) is 7.09. The number of likely N-dealkylation sites (tertiary alicyclic amines) is 1. The van der Waals surface area contributed by atoms with Gasteiger partial charge in [0.15, 0.2) is 0 Å². The SMILES string of the molecule is CC(C)C1CCCN1C(=O)c1ccc(C#CCN)cn1. The molecule has 1 aliphatic rings. The van der Waals surface area contributed by atoms with Gasteiger partial charge < -0.3 is 10.6 Å². The number of pyridine rings is 1. The van der Waals surface area contributed by atoms with Crippen LogP contribution in [-0.2, 0) is 0 Å². The quantitative estimate of drug-likeness (QED) is 0.832. The molecular formula is C16H21N3O. The molecule has 1 fully saturated rings. The third-order valence-corrected chi connectivity index (χ3v) is 3.65. The van der Waals surface area contributed by atoms with Crippen molar-refractivity contribution in [1.29, 1.82) is 0 Å². The molecule has 2 N–H and O–H groups in total. The fourth-order valence-electron chi connectivity index (χ4n) is 2.63. The summed E-state index contributed by atoms with van der Waals surface area (Å²) in [6.45, 7) is 5.48. The van der Waals surface area contributed by atoms with E-state index in [1.54, 1.807) is 12.3 Å². The molecule has 1 unspecified atom stereocenters. The summed E-state index contributed by atoms with van der Waals surface area (Å²) in [6.07, 6.45) is 3.80. The van der Waals surface area contributed by atoms with Gasteiger partial charge in [0.05, 0.1) is 6.54 Å². The van der Waals surface area contributed by atoms with E-state index in [2.05, 4.69) is 30.7 Å². The Morgan fingerprint density at radius 3 is 2.95 bits per heavy atom. The Kier molecular flexibility index (Phi) is 4.75. The molecular weight excluding hydrogens is 250 g/mol. The topological polar surface area (TPSA) is 59.2 Å². The van der Waals surface area contributed by atoms with Crippen LogP contribution < -0.4 is 5.73 Å². The molecule has 4 heteroatoms. The van der Waals surface area contributed by atoms with Gasteiger partial charge in [-0.15, -0.1) is 0 Å². The second kappa shape index (κ2) is 6.53. The molecule has 0 aromatic carbocycles. The summed E-state index contributed by atoms with van der Waals surface area (Å²) < 4.78 is 0. The van der Waals surface area contributed by atoms with Gasteiger partial charge in [0.2, 0.25) is 0 Å². The highest BCUT2D eigenvalue weighted by atomic mass is 16.2. The van der Waals surface area contributed by atoms with Crippen molar-refractivity contribution in [2.24, 2.45) is 11.7 Å². The van der Waals surface area contributed by atoms with Crippen molar-refractivity contribution < 1.29 is 4.79 Å². The minimum Gasteiger partial charge on any atom is -0.334 e. The molecule has 2 rings (SSSR count). The number of aromatic nitrogens is 1. The highest BCUT2D eigenvalue weighted by molar-refractivity contribution is 5.92. The van der Waals surface area contributed by atoms with Gasteiger partial charge in [-0.25, -0.2) is 4.98 Å². The molecule has 1 atom stereocenters. The van der Waals surface area contributed by atoms with Crippen LogP contribution in [0, 0.1) is 17.8 Å². The maximum Gasteiger partial charge on any atom is 0.272 e. The number of carbonyl (C=O) groups is 1. The van der Waals surface area contributed by atoms with E-state index >= 15 is 0 Å². The number of nitrogens with zero attached hydrogens (tertiary/aromatic N) is 2. The summed E-state index contributed by atoms with van der Waals surface area (Å²) in [7, 11) is 0. The molecule has 0 bridgehead atoms. The molecule has 0 spiro atoms. The maximum absolute atomic E-state index is 12.5. The maximum atomic E-state index is 12.5. The third kappa shape index (κ3) is 3.17. The summed E-state index contributed by atoms with van der Waals surface area (Å²) in [5, 5.41) is 0. The van der Waals surface area contributed by atoms with E-state index < -0.39 is 0 Å². The first-order valence-electron chi connectivity index (χ1n) is 7.09. The summed E-state index contributed by atoms with van der Waals surface area (Å²) >= 11 is 0. The first kappa shape index (κ1) is 14.5. The van der Waals surface area contributed by atoms with Crippen LogP contribution in [0.5, 0.6) is 0 Å². The standard InChI is InChI=1S/C16H21N3O/c1-12(2)15-6-4-10-19(15)16(20)14-8-7-13(11-18-14)5-3-9-17/h7-8,11-12,15H,4,6,9-10,17H2,1-2H3. The van der Waals surface area contributed by atoms with Crippen LogP contribution in [-0.4, -0.2) is 34.9 Å². The second-order valence-corrected chi connectivity index (χ2v) is 5.39. The molecule has 1 aromatic rings. The Hall–Kier alpha value is -1.86. The van der Waals surface area contributed by atoms with E-state index in [0.29, 0.717) is 24.2 Å². The van der Waals surface area contributed by atoms with Gasteiger partial charge in [-0.3, -0.25) is 4.79 Å². The van der Waals surface area contributed by atoms with Gasteiger partial charge in [0.1, 0.15) is 5.69 Å². The fourth-order valence-corrected chi connectivity index (χ4v) is 2.63. The lowest BCUT2D eigenvalue weighted by molar-refractivity contribution is 0.0695. The van der Waals surface area contributed by atoms with Crippen molar-refractivity contribution in [2.75, 3.05) is 13.1 Å². The molecule has 1 aromatic heterocycles. The predicted octanol–water partition coefficient (Wildman–Crippen LogP) is 1.65. The highest BCUT2D eigenvalue weighted by Crippen LogP contribution is 2.25. The molecule has 1 amide bonds. The van der Waals surface area contributed by atoms with E-state index in [-0.39, 0.29) is 5.91 Å². The van der Waals surface area contributed by atoms with E-state index in [1.807, 2.05) is 11.0 Å². The smallest absolute Gasteiger partial charge is 0.272 e. The molecule has 4 nitrogen and oxygen atoms in total. The minimum absolute atomic E-state index is 0.0273. The van der Waals surface area contributed by atoms with Crippen molar-refractivity contribution in [3.63, 3.8) is 0 Å². The van der Waals surface area contributed by atoms with Crippen molar-refractivity contribution in [1.82, 2.24) is 9.88 Å². The van der Waals surface area contributed by atoms with Crippen LogP contribution >= 0.6 is 0 Å². The fraction of sp³-hybridized carbons (Fsp3) is 0.500. The molecule has 106 valence electrons. The van der Waals surface area contributed by atoms with Crippen molar-refractivity contribution in [3.8, 4) is 11.8 Å². The Morgan fingerprint density at radius 1 is 1.55 bits per heavy atom. The molecule has 0 aliphatic carbocycles. The zero-order valence-electron chi connectivity index (χ0n) is 12.1. The first-order chi connectivity index (χ1) is 9.63. The van der Waals surface area contributed by atoms with E-state index in [1.165, 1.54) is 0 Å². The lowest BCUT2D eigenvalue weighted by atomic mass is 10.0. The summed E-state index contributed by atoms with van der Waals surface area (Å²) in [5.74, 6) is 6.19. The van der Waals surface area contributed by atoms with Gasteiger partial charge in [-0.1, -0.05) is 25.7 Å².